The van der Waals surface area contributed by atoms with Crippen LogP contribution in [0.5, 0.6) is 0 Å². The fraction of sp³-hybridized carbons (Fsp3) is 0.462. The predicted octanol–water partition coefficient (Wildman–Crippen LogP) is 3.39. The van der Waals surface area contributed by atoms with Gasteiger partial charge in [0.25, 0.3) is 0 Å². The second-order valence-corrected chi connectivity index (χ2v) is 4.95. The summed E-state index contributed by atoms with van der Waals surface area (Å²) in [5.41, 5.74) is 0.826. The Balaban J connectivity index is 2.58. The molecular formula is C13H17BrFNO. The molecule has 0 saturated heterocycles. The third-order valence-corrected chi connectivity index (χ3v) is 3.22. The molecule has 0 saturated carbocycles. The first-order chi connectivity index (χ1) is 8.04. The largest absolute Gasteiger partial charge is 0.345 e. The van der Waals surface area contributed by atoms with E-state index >= 15 is 0 Å². The molecule has 0 heterocycles. The van der Waals surface area contributed by atoms with Gasteiger partial charge in [0.1, 0.15) is 5.82 Å². The maximum Gasteiger partial charge on any atom is 0.226 e. The number of halogens is 2. The molecule has 0 aromatic heterocycles. The number of nitrogens with zero attached hydrogens (tertiary/aromatic N) is 1. The lowest BCUT2D eigenvalue weighted by Gasteiger charge is -2.16. The van der Waals surface area contributed by atoms with Gasteiger partial charge in [-0.3, -0.25) is 4.79 Å². The molecule has 0 spiro atoms. The van der Waals surface area contributed by atoms with Gasteiger partial charge >= 0.3 is 0 Å². The summed E-state index contributed by atoms with van der Waals surface area (Å²) >= 11 is 3.12. The van der Waals surface area contributed by atoms with Crippen LogP contribution >= 0.6 is 15.9 Å². The summed E-state index contributed by atoms with van der Waals surface area (Å²) in [6.07, 6.45) is 2.40. The molecule has 0 aliphatic heterocycles. The Morgan fingerprint density at radius 3 is 2.76 bits per heavy atom. The van der Waals surface area contributed by atoms with E-state index in [1.54, 1.807) is 24.1 Å². The molecule has 0 atom stereocenters. The van der Waals surface area contributed by atoms with Gasteiger partial charge in [0.2, 0.25) is 5.91 Å². The summed E-state index contributed by atoms with van der Waals surface area (Å²) in [5, 5.41) is 0. The normalized spacial score (nSPS) is 10.4. The molecule has 1 aromatic rings. The van der Waals surface area contributed by atoms with E-state index in [1.807, 2.05) is 0 Å². The van der Waals surface area contributed by atoms with E-state index in [2.05, 4.69) is 22.9 Å². The average molecular weight is 302 g/mol. The van der Waals surface area contributed by atoms with E-state index in [9.17, 15) is 9.18 Å². The Bertz CT molecular complexity index is 395. The summed E-state index contributed by atoms with van der Waals surface area (Å²) in [4.78, 5) is 13.6. The van der Waals surface area contributed by atoms with Crippen LogP contribution in [-0.4, -0.2) is 24.4 Å². The number of hydrogen-bond donors (Lipinski definition) is 0. The zero-order chi connectivity index (χ0) is 12.8. The van der Waals surface area contributed by atoms with Crippen molar-refractivity contribution >= 4 is 21.8 Å². The molecule has 0 aliphatic carbocycles. The topological polar surface area (TPSA) is 20.3 Å². The Labute approximate surface area is 110 Å². The van der Waals surface area contributed by atoms with Gasteiger partial charge in [0.05, 0.1) is 10.9 Å². The standard InChI is InChI=1S/C13H17BrFNO/c1-3-4-7-16(2)13(17)9-10-5-6-12(15)11(14)8-10/h5-6,8H,3-4,7,9H2,1-2H3. The number of carbonyl (C=O) groups excluding carboxylic acids is 1. The van der Waals surface area contributed by atoms with Crippen LogP contribution in [0.25, 0.3) is 0 Å². The highest BCUT2D eigenvalue weighted by atomic mass is 79.9. The molecule has 1 amide bonds. The van der Waals surface area contributed by atoms with Crippen molar-refractivity contribution in [3.8, 4) is 0 Å². The van der Waals surface area contributed by atoms with E-state index < -0.39 is 0 Å². The van der Waals surface area contributed by atoms with Crippen molar-refractivity contribution in [1.82, 2.24) is 4.90 Å². The van der Waals surface area contributed by atoms with Gasteiger partial charge in [0, 0.05) is 13.6 Å². The molecule has 2 nitrogen and oxygen atoms in total. The summed E-state index contributed by atoms with van der Waals surface area (Å²) in [6.45, 7) is 2.87. The summed E-state index contributed by atoms with van der Waals surface area (Å²) < 4.78 is 13.4. The number of hydrogen-bond acceptors (Lipinski definition) is 1. The lowest BCUT2D eigenvalue weighted by Crippen LogP contribution is -2.29. The van der Waals surface area contributed by atoms with Gasteiger partial charge < -0.3 is 4.90 Å². The van der Waals surface area contributed by atoms with Crippen LogP contribution in [0, 0.1) is 5.82 Å². The Kier molecular flexibility index (Phi) is 5.62. The highest BCUT2D eigenvalue weighted by molar-refractivity contribution is 9.10. The zero-order valence-electron chi connectivity index (χ0n) is 10.2. The van der Waals surface area contributed by atoms with Crippen molar-refractivity contribution in [1.29, 1.82) is 0 Å². The highest BCUT2D eigenvalue weighted by Crippen LogP contribution is 2.17. The van der Waals surface area contributed by atoms with Crippen LogP contribution in [0.1, 0.15) is 25.3 Å². The Hall–Kier alpha value is -0.900. The molecule has 0 radical (unpaired) electrons. The Morgan fingerprint density at radius 2 is 2.18 bits per heavy atom. The number of benzene rings is 1. The van der Waals surface area contributed by atoms with E-state index in [0.717, 1.165) is 24.9 Å². The minimum atomic E-state index is -0.305. The first-order valence-corrected chi connectivity index (χ1v) is 6.51. The van der Waals surface area contributed by atoms with Crippen LogP contribution in [0.3, 0.4) is 0 Å². The lowest BCUT2D eigenvalue weighted by molar-refractivity contribution is -0.129. The molecule has 0 bridgehead atoms. The fourth-order valence-electron chi connectivity index (χ4n) is 1.48. The molecule has 0 unspecified atom stereocenters. The van der Waals surface area contributed by atoms with Gasteiger partial charge in [0.15, 0.2) is 0 Å². The number of carbonyl (C=O) groups is 1. The minimum absolute atomic E-state index is 0.0666. The first kappa shape index (κ1) is 14.2. The number of unbranched alkanes of at least 4 members (excludes halogenated alkanes) is 1. The third kappa shape index (κ3) is 4.46. The van der Waals surface area contributed by atoms with Gasteiger partial charge in [-0.15, -0.1) is 0 Å². The van der Waals surface area contributed by atoms with E-state index in [4.69, 9.17) is 0 Å². The van der Waals surface area contributed by atoms with Crippen molar-refractivity contribution < 1.29 is 9.18 Å². The molecular weight excluding hydrogens is 285 g/mol. The van der Waals surface area contributed by atoms with Crippen molar-refractivity contribution in [2.75, 3.05) is 13.6 Å². The number of likely N-dealkylation sites (N-methyl/N-ethyl adjacent to an activating group) is 1. The monoisotopic (exact) mass is 301 g/mol. The molecule has 0 aliphatic rings. The first-order valence-electron chi connectivity index (χ1n) is 5.72. The van der Waals surface area contributed by atoms with Crippen molar-refractivity contribution in [2.45, 2.75) is 26.2 Å². The van der Waals surface area contributed by atoms with Crippen LogP contribution in [-0.2, 0) is 11.2 Å². The SMILES string of the molecule is CCCCN(C)C(=O)Cc1ccc(F)c(Br)c1. The average Bonchev–Trinajstić information content (AvgIpc) is 2.30. The minimum Gasteiger partial charge on any atom is -0.345 e. The number of amides is 1. The van der Waals surface area contributed by atoms with Crippen LogP contribution in [0.4, 0.5) is 4.39 Å². The molecule has 4 heteroatoms. The second kappa shape index (κ2) is 6.74. The van der Waals surface area contributed by atoms with Crippen molar-refractivity contribution in [3.63, 3.8) is 0 Å². The van der Waals surface area contributed by atoms with Crippen LogP contribution in [0.15, 0.2) is 22.7 Å². The highest BCUT2D eigenvalue weighted by Gasteiger charge is 2.10. The summed E-state index contributed by atoms with van der Waals surface area (Å²) in [5.74, 6) is -0.238. The van der Waals surface area contributed by atoms with Gasteiger partial charge in [-0.05, 0) is 40.0 Å². The van der Waals surface area contributed by atoms with Crippen LogP contribution < -0.4 is 0 Å². The van der Waals surface area contributed by atoms with Crippen LogP contribution in [0.2, 0.25) is 0 Å². The van der Waals surface area contributed by atoms with Gasteiger partial charge in [-0.2, -0.15) is 0 Å². The molecule has 1 rings (SSSR count). The van der Waals surface area contributed by atoms with Crippen molar-refractivity contribution in [3.05, 3.63) is 34.1 Å². The second-order valence-electron chi connectivity index (χ2n) is 4.09. The van der Waals surface area contributed by atoms with Crippen molar-refractivity contribution in [2.24, 2.45) is 0 Å². The lowest BCUT2D eigenvalue weighted by atomic mass is 10.1. The van der Waals surface area contributed by atoms with Gasteiger partial charge in [-0.1, -0.05) is 19.4 Å². The van der Waals surface area contributed by atoms with E-state index in [-0.39, 0.29) is 11.7 Å². The quantitative estimate of drug-likeness (QED) is 0.816. The van der Waals surface area contributed by atoms with Gasteiger partial charge in [-0.25, -0.2) is 4.39 Å². The summed E-state index contributed by atoms with van der Waals surface area (Å²) in [7, 11) is 1.80. The molecule has 17 heavy (non-hydrogen) atoms. The predicted molar refractivity (Wildman–Crippen MR) is 70.3 cm³/mol. The third-order valence-electron chi connectivity index (χ3n) is 2.61. The maximum absolute atomic E-state index is 13.0. The molecule has 1 aromatic carbocycles. The summed E-state index contributed by atoms with van der Waals surface area (Å²) in [6, 6.07) is 4.67. The smallest absolute Gasteiger partial charge is 0.226 e. The molecule has 94 valence electrons. The number of rotatable bonds is 5. The maximum atomic E-state index is 13.0. The fourth-order valence-corrected chi connectivity index (χ4v) is 1.91. The molecule has 0 fully saturated rings. The Morgan fingerprint density at radius 1 is 1.47 bits per heavy atom. The molecule has 0 N–H and O–H groups in total. The van der Waals surface area contributed by atoms with E-state index in [1.165, 1.54) is 6.07 Å². The van der Waals surface area contributed by atoms with E-state index in [0.29, 0.717) is 10.9 Å². The zero-order valence-corrected chi connectivity index (χ0v) is 11.8.